The van der Waals surface area contributed by atoms with Crippen molar-refractivity contribution in [3.05, 3.63) is 167 Å². The molecular weight excluding hydrogens is 739 g/mol. The Morgan fingerprint density at radius 2 is 1.26 bits per heavy atom. The summed E-state index contributed by atoms with van der Waals surface area (Å²) in [6, 6.07) is 51.0. The van der Waals surface area contributed by atoms with Crippen molar-refractivity contribution < 1.29 is 4.42 Å². The van der Waals surface area contributed by atoms with Gasteiger partial charge in [-0.2, -0.15) is 0 Å². The van der Waals surface area contributed by atoms with Gasteiger partial charge in [0.1, 0.15) is 11.2 Å². The highest BCUT2D eigenvalue weighted by Crippen LogP contribution is 2.58. The minimum absolute atomic E-state index is 0.0706. The quantitative estimate of drug-likeness (QED) is 0.167. The summed E-state index contributed by atoms with van der Waals surface area (Å²) in [5, 5.41) is 5.00. The topological polar surface area (TPSA) is 16.4 Å². The predicted octanol–water partition coefficient (Wildman–Crippen LogP) is 16.2. The molecule has 61 heavy (non-hydrogen) atoms. The van der Waals surface area contributed by atoms with Crippen LogP contribution in [0.2, 0.25) is 0 Å². The normalized spacial score (nSPS) is 22.9. The Morgan fingerprint density at radius 3 is 2.08 bits per heavy atom. The van der Waals surface area contributed by atoms with Crippen LogP contribution < -0.4 is 4.90 Å². The molecule has 0 amide bonds. The van der Waals surface area contributed by atoms with Gasteiger partial charge in [-0.3, -0.25) is 0 Å². The monoisotopic (exact) mass is 795 g/mol. The second-order valence-electron chi connectivity index (χ2n) is 20.7. The van der Waals surface area contributed by atoms with E-state index < -0.39 is 0 Å². The van der Waals surface area contributed by atoms with Crippen molar-refractivity contribution in [1.29, 1.82) is 0 Å². The first-order valence-corrected chi connectivity index (χ1v) is 23.2. The number of nitrogens with zero attached hydrogens (tertiary/aromatic N) is 1. The van der Waals surface area contributed by atoms with Crippen LogP contribution in [0.1, 0.15) is 113 Å². The van der Waals surface area contributed by atoms with Crippen molar-refractivity contribution in [3.63, 3.8) is 0 Å². The minimum Gasteiger partial charge on any atom is -0.455 e. The molecule has 4 unspecified atom stereocenters. The van der Waals surface area contributed by atoms with E-state index in [1.807, 2.05) is 0 Å². The molecule has 1 aromatic heterocycles. The van der Waals surface area contributed by atoms with Crippen LogP contribution in [-0.2, 0) is 22.8 Å². The lowest BCUT2D eigenvalue weighted by atomic mass is 9.53. The standard InChI is InChI=1S/C59H57NO/c1-7-37-29-38-28-36(2)32-59(33-37,34-38)50-24-15-25-53-55(50)46-31-52(43-18-8-9-19-44(43)56(46)61-53)60(40-26-27-42-41-17-10-12-21-47(41)58(5,6)51(42)30-40)35-39-16-14-23-49-54(39)45-20-11-13-22-48(45)57(49,3)4/h8-27,30-31,36-38H,7,28-29,32-35H2,1-6H3. The van der Waals surface area contributed by atoms with Crippen LogP contribution in [0.25, 0.3) is 55.0 Å². The molecule has 4 atom stereocenters. The third kappa shape index (κ3) is 5.33. The van der Waals surface area contributed by atoms with Crippen LogP contribution in [0, 0.1) is 17.8 Å². The molecule has 0 saturated heterocycles. The van der Waals surface area contributed by atoms with Gasteiger partial charge in [0.25, 0.3) is 0 Å². The zero-order valence-corrected chi connectivity index (χ0v) is 36.7. The molecule has 1 heterocycles. The highest BCUT2D eigenvalue weighted by atomic mass is 16.3. The van der Waals surface area contributed by atoms with Crippen molar-refractivity contribution in [2.24, 2.45) is 17.8 Å². The summed E-state index contributed by atoms with van der Waals surface area (Å²) in [4.78, 5) is 2.65. The maximum Gasteiger partial charge on any atom is 0.143 e. The maximum atomic E-state index is 7.10. The van der Waals surface area contributed by atoms with Gasteiger partial charge in [-0.25, -0.2) is 0 Å². The number of anilines is 2. The van der Waals surface area contributed by atoms with E-state index in [9.17, 15) is 0 Å². The summed E-state index contributed by atoms with van der Waals surface area (Å²) in [6.07, 6.45) is 7.89. The van der Waals surface area contributed by atoms with Crippen molar-refractivity contribution in [1.82, 2.24) is 0 Å². The SMILES string of the molecule is CCC1CC2CC(C)CC(c3cccc4oc5c6ccccc6c(N(Cc6cccc7c6-c6ccccc6C7(C)C)c6ccc7c(c6)C(C)(C)c6ccccc6-7)cc5c34)(C1)C2. The van der Waals surface area contributed by atoms with Gasteiger partial charge in [0.2, 0.25) is 0 Å². The van der Waals surface area contributed by atoms with E-state index in [-0.39, 0.29) is 16.2 Å². The fraction of sp³-hybridized carbons (Fsp3) is 0.322. The second kappa shape index (κ2) is 13.2. The number of benzene rings is 7. The van der Waals surface area contributed by atoms with Crippen LogP contribution in [0.4, 0.5) is 11.4 Å². The Bertz CT molecular complexity index is 3080. The fourth-order valence-electron chi connectivity index (χ4n) is 13.7. The van der Waals surface area contributed by atoms with Gasteiger partial charge in [-0.05, 0) is 135 Å². The van der Waals surface area contributed by atoms with E-state index in [1.165, 1.54) is 127 Å². The van der Waals surface area contributed by atoms with E-state index in [0.717, 1.165) is 35.5 Å². The first-order chi connectivity index (χ1) is 29.6. The van der Waals surface area contributed by atoms with Gasteiger partial charge in [0.15, 0.2) is 0 Å². The molecule has 4 aliphatic rings. The summed E-state index contributed by atoms with van der Waals surface area (Å²) in [5.74, 6) is 2.32. The molecule has 0 aliphatic heterocycles. The molecular formula is C59H57NO. The molecule has 0 spiro atoms. The van der Waals surface area contributed by atoms with Gasteiger partial charge < -0.3 is 9.32 Å². The van der Waals surface area contributed by atoms with Crippen LogP contribution >= 0.6 is 0 Å². The molecule has 12 rings (SSSR count). The molecule has 2 saturated carbocycles. The van der Waals surface area contributed by atoms with E-state index in [0.29, 0.717) is 0 Å². The highest BCUT2D eigenvalue weighted by molar-refractivity contribution is 6.20. The van der Waals surface area contributed by atoms with E-state index in [2.05, 4.69) is 180 Å². The van der Waals surface area contributed by atoms with Crippen LogP contribution in [0.3, 0.4) is 0 Å². The van der Waals surface area contributed by atoms with Crippen molar-refractivity contribution in [2.45, 2.75) is 103 Å². The summed E-state index contributed by atoms with van der Waals surface area (Å²) < 4.78 is 7.10. The minimum atomic E-state index is -0.114. The maximum absolute atomic E-state index is 7.10. The summed E-state index contributed by atoms with van der Waals surface area (Å²) >= 11 is 0. The predicted molar refractivity (Wildman–Crippen MR) is 256 cm³/mol. The lowest BCUT2D eigenvalue weighted by Gasteiger charge is -2.51. The van der Waals surface area contributed by atoms with E-state index in [4.69, 9.17) is 4.42 Å². The van der Waals surface area contributed by atoms with Crippen molar-refractivity contribution in [3.8, 4) is 22.3 Å². The number of rotatable bonds is 6. The van der Waals surface area contributed by atoms with Crippen molar-refractivity contribution in [2.75, 3.05) is 4.90 Å². The molecule has 0 N–H and O–H groups in total. The van der Waals surface area contributed by atoms with Gasteiger partial charge in [-0.15, -0.1) is 0 Å². The first-order valence-electron chi connectivity index (χ1n) is 23.2. The molecule has 4 aliphatic carbocycles. The molecule has 0 radical (unpaired) electrons. The molecule has 304 valence electrons. The van der Waals surface area contributed by atoms with E-state index in [1.54, 1.807) is 0 Å². The lowest BCUT2D eigenvalue weighted by Crippen LogP contribution is -2.42. The first kappa shape index (κ1) is 37.2. The van der Waals surface area contributed by atoms with Crippen LogP contribution in [0.15, 0.2) is 138 Å². The fourth-order valence-corrected chi connectivity index (χ4v) is 13.7. The summed E-state index contributed by atoms with van der Waals surface area (Å²) in [5.41, 5.74) is 18.5. The number of fused-ring (bicyclic) bond motifs is 13. The Morgan fingerprint density at radius 1 is 0.590 bits per heavy atom. The third-order valence-corrected chi connectivity index (χ3v) is 16.3. The third-order valence-electron chi connectivity index (χ3n) is 16.3. The Balaban J connectivity index is 1.12. The Kier molecular flexibility index (Phi) is 8.05. The smallest absolute Gasteiger partial charge is 0.143 e. The zero-order valence-electron chi connectivity index (χ0n) is 36.7. The van der Waals surface area contributed by atoms with Crippen LogP contribution in [-0.4, -0.2) is 0 Å². The van der Waals surface area contributed by atoms with Crippen LogP contribution in [0.5, 0.6) is 0 Å². The average Bonchev–Trinajstić information content (AvgIpc) is 3.85. The van der Waals surface area contributed by atoms with Gasteiger partial charge in [0.05, 0.1) is 5.69 Å². The van der Waals surface area contributed by atoms with Crippen molar-refractivity contribution >= 4 is 44.1 Å². The van der Waals surface area contributed by atoms with Gasteiger partial charge >= 0.3 is 0 Å². The zero-order chi connectivity index (χ0) is 41.4. The van der Waals surface area contributed by atoms with Gasteiger partial charge in [0, 0.05) is 44.6 Å². The molecule has 2 heteroatoms. The molecule has 7 aromatic carbocycles. The van der Waals surface area contributed by atoms with Gasteiger partial charge in [-0.1, -0.05) is 157 Å². The Labute approximate surface area is 361 Å². The highest BCUT2D eigenvalue weighted by Gasteiger charge is 2.47. The second-order valence-corrected chi connectivity index (χ2v) is 20.7. The molecule has 2 fully saturated rings. The number of hydrogen-bond acceptors (Lipinski definition) is 2. The summed E-state index contributed by atoms with van der Waals surface area (Å²) in [7, 11) is 0. The number of hydrogen-bond donors (Lipinski definition) is 0. The lowest BCUT2D eigenvalue weighted by molar-refractivity contribution is 0.0712. The largest absolute Gasteiger partial charge is 0.455 e. The molecule has 2 bridgehead atoms. The molecule has 2 nitrogen and oxygen atoms in total. The summed E-state index contributed by atoms with van der Waals surface area (Å²) in [6.45, 7) is 15.3. The van der Waals surface area contributed by atoms with E-state index >= 15 is 0 Å². The Hall–Kier alpha value is -5.60. The average molecular weight is 796 g/mol. The number of furan rings is 1. The molecule has 8 aromatic rings.